The number of fused-ring (bicyclic) bond motifs is 6. The van der Waals surface area contributed by atoms with Gasteiger partial charge >= 0.3 is 0 Å². The molecule has 0 N–H and O–H groups in total. The molecular formula is C31H20S. The Hall–Kier alpha value is -3.68. The predicted molar refractivity (Wildman–Crippen MR) is 138 cm³/mol. The monoisotopic (exact) mass is 424 g/mol. The van der Waals surface area contributed by atoms with Gasteiger partial charge in [-0.2, -0.15) is 0 Å². The molecule has 0 spiro atoms. The average Bonchev–Trinajstić information content (AvgIpc) is 3.42. The smallest absolute Gasteiger partial charge is 0.0433 e. The summed E-state index contributed by atoms with van der Waals surface area (Å²) in [5, 5.41) is 2.71. The van der Waals surface area contributed by atoms with E-state index in [9.17, 15) is 0 Å². The van der Waals surface area contributed by atoms with Crippen molar-refractivity contribution >= 4 is 31.5 Å². The summed E-state index contributed by atoms with van der Waals surface area (Å²) in [7, 11) is 0. The summed E-state index contributed by atoms with van der Waals surface area (Å²) in [4.78, 5) is 0. The van der Waals surface area contributed by atoms with E-state index in [1.165, 1.54) is 64.7 Å². The maximum atomic E-state index is 2.41. The second-order valence-electron chi connectivity index (χ2n) is 8.57. The lowest BCUT2D eigenvalue weighted by Gasteiger charge is -2.09. The molecule has 1 heterocycles. The summed E-state index contributed by atoms with van der Waals surface area (Å²) in [6, 6.07) is 40.1. The van der Waals surface area contributed by atoms with Gasteiger partial charge in [0.2, 0.25) is 0 Å². The molecule has 0 bridgehead atoms. The number of benzene rings is 5. The van der Waals surface area contributed by atoms with Crippen molar-refractivity contribution in [1.29, 1.82) is 0 Å². The zero-order chi connectivity index (χ0) is 21.1. The standard InChI is InChI=1S/C31H20S/c1-2-7-20(8-3-1)21-13-14-22-17-23-15-16-24(19-29(23)28(22)18-21)25-10-6-11-27-26-9-4-5-12-30(26)32-31(25)27/h1-16,18-19H,17H2. The number of hydrogen-bond acceptors (Lipinski definition) is 1. The summed E-state index contributed by atoms with van der Waals surface area (Å²) < 4.78 is 2.74. The van der Waals surface area contributed by atoms with Crippen molar-refractivity contribution in [2.24, 2.45) is 0 Å². The number of thiophene rings is 1. The fraction of sp³-hybridized carbons (Fsp3) is 0.0323. The number of hydrogen-bond donors (Lipinski definition) is 0. The van der Waals surface area contributed by atoms with Gasteiger partial charge in [-0.05, 0) is 69.1 Å². The molecule has 0 fully saturated rings. The van der Waals surface area contributed by atoms with Crippen molar-refractivity contribution in [3.63, 3.8) is 0 Å². The first kappa shape index (κ1) is 17.9. The maximum absolute atomic E-state index is 2.41. The van der Waals surface area contributed by atoms with Crippen LogP contribution in [0.3, 0.4) is 0 Å². The third-order valence-corrected chi connectivity index (χ3v) is 7.93. The fourth-order valence-corrected chi connectivity index (χ4v) is 6.36. The molecule has 0 aliphatic heterocycles. The molecule has 150 valence electrons. The normalized spacial score (nSPS) is 12.2. The van der Waals surface area contributed by atoms with Gasteiger partial charge in [0.25, 0.3) is 0 Å². The summed E-state index contributed by atoms with van der Waals surface area (Å²) >= 11 is 1.90. The molecule has 0 saturated heterocycles. The van der Waals surface area contributed by atoms with E-state index in [1.54, 1.807) is 0 Å². The van der Waals surface area contributed by atoms with Gasteiger partial charge in [0.1, 0.15) is 0 Å². The van der Waals surface area contributed by atoms with Crippen LogP contribution in [0.1, 0.15) is 11.1 Å². The Morgan fingerprint density at radius 3 is 2.00 bits per heavy atom. The molecule has 0 unspecified atom stereocenters. The van der Waals surface area contributed by atoms with E-state index in [0.717, 1.165) is 6.42 Å². The van der Waals surface area contributed by atoms with Gasteiger partial charge in [0.05, 0.1) is 0 Å². The van der Waals surface area contributed by atoms with Crippen molar-refractivity contribution in [2.75, 3.05) is 0 Å². The molecule has 0 atom stereocenters. The van der Waals surface area contributed by atoms with Crippen LogP contribution in [0.15, 0.2) is 109 Å². The van der Waals surface area contributed by atoms with E-state index >= 15 is 0 Å². The molecule has 1 aliphatic carbocycles. The zero-order valence-corrected chi connectivity index (χ0v) is 18.3. The average molecular weight is 425 g/mol. The fourth-order valence-electron chi connectivity index (χ4n) is 5.12. The zero-order valence-electron chi connectivity index (χ0n) is 17.5. The van der Waals surface area contributed by atoms with E-state index in [2.05, 4.69) is 109 Å². The first-order valence-corrected chi connectivity index (χ1v) is 11.9. The summed E-state index contributed by atoms with van der Waals surface area (Å²) in [6.07, 6.45) is 1.02. The van der Waals surface area contributed by atoms with Crippen LogP contribution in [-0.4, -0.2) is 0 Å². The molecule has 0 saturated carbocycles. The minimum atomic E-state index is 1.02. The first-order valence-electron chi connectivity index (χ1n) is 11.1. The Balaban J connectivity index is 1.40. The van der Waals surface area contributed by atoms with E-state index in [0.29, 0.717) is 0 Å². The van der Waals surface area contributed by atoms with Gasteiger partial charge in [-0.25, -0.2) is 0 Å². The van der Waals surface area contributed by atoms with E-state index in [-0.39, 0.29) is 0 Å². The van der Waals surface area contributed by atoms with E-state index in [1.807, 2.05) is 11.3 Å². The quantitative estimate of drug-likeness (QED) is 0.260. The maximum Gasteiger partial charge on any atom is 0.0433 e. The second kappa shape index (κ2) is 6.91. The Morgan fingerprint density at radius 1 is 0.469 bits per heavy atom. The second-order valence-corrected chi connectivity index (χ2v) is 9.62. The molecule has 1 aliphatic rings. The van der Waals surface area contributed by atoms with Crippen LogP contribution in [0.25, 0.3) is 53.6 Å². The Labute approximate surface area is 191 Å². The third kappa shape index (κ3) is 2.68. The van der Waals surface area contributed by atoms with Crippen molar-refractivity contribution in [2.45, 2.75) is 6.42 Å². The molecule has 6 aromatic rings. The van der Waals surface area contributed by atoms with Gasteiger partial charge in [-0.1, -0.05) is 91.0 Å². The predicted octanol–water partition coefficient (Wildman–Crippen LogP) is 8.96. The Kier molecular flexibility index (Phi) is 3.88. The molecule has 0 nitrogen and oxygen atoms in total. The highest BCUT2D eigenvalue weighted by molar-refractivity contribution is 7.26. The Morgan fingerprint density at radius 2 is 1.16 bits per heavy atom. The van der Waals surface area contributed by atoms with Crippen LogP contribution in [0, 0.1) is 0 Å². The number of rotatable bonds is 2. The molecular weight excluding hydrogens is 404 g/mol. The van der Waals surface area contributed by atoms with Gasteiger partial charge in [-0.3, -0.25) is 0 Å². The highest BCUT2D eigenvalue weighted by Gasteiger charge is 2.20. The summed E-state index contributed by atoms with van der Waals surface area (Å²) in [6.45, 7) is 0. The van der Waals surface area contributed by atoms with Crippen LogP contribution < -0.4 is 0 Å². The highest BCUT2D eigenvalue weighted by atomic mass is 32.1. The third-order valence-electron chi connectivity index (χ3n) is 6.71. The van der Waals surface area contributed by atoms with Crippen molar-refractivity contribution in [1.82, 2.24) is 0 Å². The van der Waals surface area contributed by atoms with Crippen LogP contribution in [0.5, 0.6) is 0 Å². The van der Waals surface area contributed by atoms with Gasteiger partial charge in [0.15, 0.2) is 0 Å². The lowest BCUT2D eigenvalue weighted by Crippen LogP contribution is -1.84. The Bertz CT molecular complexity index is 1640. The van der Waals surface area contributed by atoms with Crippen molar-refractivity contribution < 1.29 is 0 Å². The lowest BCUT2D eigenvalue weighted by molar-refractivity contribution is 1.26. The van der Waals surface area contributed by atoms with Crippen LogP contribution >= 0.6 is 11.3 Å². The SMILES string of the molecule is c1ccc(-c2ccc3c(c2)-c2cc(-c4cccc5c4sc4ccccc45)ccc2C3)cc1. The van der Waals surface area contributed by atoms with E-state index in [4.69, 9.17) is 0 Å². The molecule has 5 aromatic carbocycles. The van der Waals surface area contributed by atoms with Crippen LogP contribution in [0.4, 0.5) is 0 Å². The largest absolute Gasteiger partial charge is 0.135 e. The topological polar surface area (TPSA) is 0 Å². The summed E-state index contributed by atoms with van der Waals surface area (Å²) in [5.41, 5.74) is 10.8. The lowest BCUT2D eigenvalue weighted by atomic mass is 9.96. The van der Waals surface area contributed by atoms with Crippen molar-refractivity contribution in [3.05, 3.63) is 120 Å². The van der Waals surface area contributed by atoms with Gasteiger partial charge in [0, 0.05) is 20.2 Å². The molecule has 32 heavy (non-hydrogen) atoms. The molecule has 0 amide bonds. The van der Waals surface area contributed by atoms with Crippen LogP contribution in [0.2, 0.25) is 0 Å². The summed E-state index contributed by atoms with van der Waals surface area (Å²) in [5.74, 6) is 0. The minimum absolute atomic E-state index is 1.02. The highest BCUT2D eigenvalue weighted by Crippen LogP contribution is 2.44. The molecule has 7 rings (SSSR count). The molecule has 1 aromatic heterocycles. The van der Waals surface area contributed by atoms with Crippen molar-refractivity contribution in [3.8, 4) is 33.4 Å². The van der Waals surface area contributed by atoms with E-state index < -0.39 is 0 Å². The minimum Gasteiger partial charge on any atom is -0.135 e. The van der Waals surface area contributed by atoms with Crippen LogP contribution in [-0.2, 0) is 6.42 Å². The van der Waals surface area contributed by atoms with Gasteiger partial charge in [-0.15, -0.1) is 11.3 Å². The first-order chi connectivity index (χ1) is 15.8. The van der Waals surface area contributed by atoms with Gasteiger partial charge < -0.3 is 0 Å². The molecule has 0 radical (unpaired) electrons. The molecule has 1 heteroatoms.